The van der Waals surface area contributed by atoms with Gasteiger partial charge in [-0.25, -0.2) is 4.79 Å². The Bertz CT molecular complexity index is 515. The van der Waals surface area contributed by atoms with Gasteiger partial charge in [-0.3, -0.25) is 9.69 Å². The molecule has 22 heavy (non-hydrogen) atoms. The summed E-state index contributed by atoms with van der Waals surface area (Å²) in [5.74, 6) is -0.132. The van der Waals surface area contributed by atoms with E-state index in [1.54, 1.807) is 11.0 Å². The summed E-state index contributed by atoms with van der Waals surface area (Å²) in [5.41, 5.74) is 1.78. The molecule has 0 bridgehead atoms. The number of nitrogens with zero attached hydrogens (tertiary/aromatic N) is 2. The Morgan fingerprint density at radius 3 is 2.59 bits per heavy atom. The molecule has 0 radical (unpaired) electrons. The lowest BCUT2D eigenvalue weighted by Crippen LogP contribution is -2.45. The van der Waals surface area contributed by atoms with Crippen LogP contribution in [-0.4, -0.2) is 41.4 Å². The Hall–Kier alpha value is -2.10. The molecule has 0 atom stereocenters. The minimum absolute atomic E-state index is 0.132. The lowest BCUT2D eigenvalue weighted by molar-refractivity contribution is -0.123. The molecule has 3 amide bonds. The van der Waals surface area contributed by atoms with Crippen LogP contribution in [0.4, 0.5) is 4.79 Å². The SMILES string of the molecule is C=C/C=C\C=C\CCN(CC)C(=O)N1CC(C)=C(CC)C1=O. The smallest absolute Gasteiger partial charge is 0.324 e. The molecule has 0 aromatic rings. The Balaban J connectivity index is 2.59. The lowest BCUT2D eigenvalue weighted by atomic mass is 10.1. The van der Waals surface area contributed by atoms with Gasteiger partial charge in [0, 0.05) is 18.7 Å². The zero-order valence-corrected chi connectivity index (χ0v) is 13.8. The predicted molar refractivity (Wildman–Crippen MR) is 90.4 cm³/mol. The van der Waals surface area contributed by atoms with Crippen molar-refractivity contribution in [3.8, 4) is 0 Å². The summed E-state index contributed by atoms with van der Waals surface area (Å²) in [7, 11) is 0. The molecule has 0 aromatic heterocycles. The largest absolute Gasteiger partial charge is 0.327 e. The number of rotatable bonds is 7. The molecule has 0 aliphatic carbocycles. The molecule has 0 fully saturated rings. The predicted octanol–water partition coefficient (Wildman–Crippen LogP) is 3.69. The van der Waals surface area contributed by atoms with Crippen molar-refractivity contribution in [2.75, 3.05) is 19.6 Å². The third-order valence-electron chi connectivity index (χ3n) is 3.71. The number of allylic oxidation sites excluding steroid dienone is 4. The van der Waals surface area contributed by atoms with Gasteiger partial charge < -0.3 is 4.90 Å². The summed E-state index contributed by atoms with van der Waals surface area (Å²) in [5, 5.41) is 0. The first-order valence-electron chi connectivity index (χ1n) is 7.80. The maximum absolute atomic E-state index is 12.5. The molecule has 0 saturated heterocycles. The number of carbonyl (C=O) groups excluding carboxylic acids is 2. The van der Waals surface area contributed by atoms with E-state index >= 15 is 0 Å². The Morgan fingerprint density at radius 2 is 2.05 bits per heavy atom. The molecule has 120 valence electrons. The molecule has 1 aliphatic rings. The van der Waals surface area contributed by atoms with E-state index in [2.05, 4.69) is 6.58 Å². The summed E-state index contributed by atoms with van der Waals surface area (Å²) >= 11 is 0. The van der Waals surface area contributed by atoms with Gasteiger partial charge in [-0.2, -0.15) is 0 Å². The van der Waals surface area contributed by atoms with Crippen LogP contribution in [0.3, 0.4) is 0 Å². The molecule has 0 aromatic carbocycles. The van der Waals surface area contributed by atoms with Crippen LogP contribution < -0.4 is 0 Å². The molecular weight excluding hydrogens is 276 g/mol. The van der Waals surface area contributed by atoms with Gasteiger partial charge in [0.15, 0.2) is 0 Å². The van der Waals surface area contributed by atoms with Crippen LogP contribution in [0.2, 0.25) is 0 Å². The average molecular weight is 302 g/mol. The third-order valence-corrected chi connectivity index (χ3v) is 3.71. The van der Waals surface area contributed by atoms with Crippen LogP contribution in [0, 0.1) is 0 Å². The molecule has 4 nitrogen and oxygen atoms in total. The van der Waals surface area contributed by atoms with Crippen LogP contribution >= 0.6 is 0 Å². The molecule has 0 spiro atoms. The molecule has 1 aliphatic heterocycles. The fourth-order valence-electron chi connectivity index (χ4n) is 2.46. The van der Waals surface area contributed by atoms with E-state index in [0.717, 1.165) is 17.6 Å². The molecule has 0 saturated carbocycles. The Morgan fingerprint density at radius 1 is 1.32 bits per heavy atom. The Labute approximate surface area is 133 Å². The molecule has 0 unspecified atom stereocenters. The van der Waals surface area contributed by atoms with E-state index in [9.17, 15) is 9.59 Å². The number of hydrogen-bond acceptors (Lipinski definition) is 2. The monoisotopic (exact) mass is 302 g/mol. The van der Waals surface area contributed by atoms with Crippen LogP contribution in [0.5, 0.6) is 0 Å². The van der Waals surface area contributed by atoms with Crippen LogP contribution in [-0.2, 0) is 4.79 Å². The summed E-state index contributed by atoms with van der Waals surface area (Å²) in [6.07, 6.45) is 10.8. The van der Waals surface area contributed by atoms with Gasteiger partial charge in [0.1, 0.15) is 0 Å². The van der Waals surface area contributed by atoms with Gasteiger partial charge >= 0.3 is 6.03 Å². The minimum atomic E-state index is -0.190. The summed E-state index contributed by atoms with van der Waals surface area (Å²) in [4.78, 5) is 27.8. The van der Waals surface area contributed by atoms with E-state index in [0.29, 0.717) is 26.1 Å². The van der Waals surface area contributed by atoms with Gasteiger partial charge in [-0.15, -0.1) is 0 Å². The first-order chi connectivity index (χ1) is 10.6. The fraction of sp³-hybridized carbons (Fsp3) is 0.444. The third kappa shape index (κ3) is 4.45. The molecule has 1 rings (SSSR count). The van der Waals surface area contributed by atoms with Gasteiger partial charge in [0.05, 0.1) is 6.54 Å². The number of amides is 3. The van der Waals surface area contributed by atoms with E-state index in [-0.39, 0.29) is 11.9 Å². The maximum atomic E-state index is 12.5. The van der Waals surface area contributed by atoms with E-state index < -0.39 is 0 Å². The van der Waals surface area contributed by atoms with Crippen LogP contribution in [0.25, 0.3) is 0 Å². The van der Waals surface area contributed by atoms with Gasteiger partial charge in [-0.05, 0) is 32.3 Å². The van der Waals surface area contributed by atoms with E-state index in [1.807, 2.05) is 45.1 Å². The second-order valence-corrected chi connectivity index (χ2v) is 5.20. The average Bonchev–Trinajstić information content (AvgIpc) is 2.80. The van der Waals surface area contributed by atoms with Crippen molar-refractivity contribution in [1.29, 1.82) is 0 Å². The zero-order chi connectivity index (χ0) is 16.5. The van der Waals surface area contributed by atoms with Crippen molar-refractivity contribution in [3.63, 3.8) is 0 Å². The number of imide groups is 1. The van der Waals surface area contributed by atoms with Crippen molar-refractivity contribution in [1.82, 2.24) is 9.80 Å². The van der Waals surface area contributed by atoms with Gasteiger partial charge in [0.25, 0.3) is 5.91 Å². The highest BCUT2D eigenvalue weighted by Gasteiger charge is 2.33. The minimum Gasteiger partial charge on any atom is -0.324 e. The summed E-state index contributed by atoms with van der Waals surface area (Å²) < 4.78 is 0. The zero-order valence-electron chi connectivity index (χ0n) is 13.8. The number of carbonyl (C=O) groups is 2. The molecule has 1 heterocycles. The van der Waals surface area contributed by atoms with Crippen molar-refractivity contribution >= 4 is 11.9 Å². The highest BCUT2D eigenvalue weighted by molar-refractivity contribution is 6.06. The topological polar surface area (TPSA) is 40.6 Å². The fourth-order valence-corrected chi connectivity index (χ4v) is 2.46. The molecule has 4 heteroatoms. The van der Waals surface area contributed by atoms with Gasteiger partial charge in [-0.1, -0.05) is 43.9 Å². The summed E-state index contributed by atoms with van der Waals surface area (Å²) in [6.45, 7) is 11.0. The Kier molecular flexibility index (Phi) is 7.37. The molecular formula is C18H26N2O2. The lowest BCUT2D eigenvalue weighted by Gasteiger charge is -2.25. The van der Waals surface area contributed by atoms with E-state index in [4.69, 9.17) is 0 Å². The van der Waals surface area contributed by atoms with Crippen LogP contribution in [0.15, 0.2) is 48.1 Å². The van der Waals surface area contributed by atoms with Gasteiger partial charge in [0.2, 0.25) is 0 Å². The van der Waals surface area contributed by atoms with Crippen molar-refractivity contribution < 1.29 is 9.59 Å². The second-order valence-electron chi connectivity index (χ2n) is 5.20. The first kappa shape index (κ1) is 18.0. The highest BCUT2D eigenvalue weighted by atomic mass is 16.2. The quantitative estimate of drug-likeness (QED) is 0.673. The number of urea groups is 1. The first-order valence-corrected chi connectivity index (χ1v) is 7.80. The number of hydrogen-bond donors (Lipinski definition) is 0. The molecule has 0 N–H and O–H groups in total. The maximum Gasteiger partial charge on any atom is 0.327 e. The normalized spacial score (nSPS) is 15.4. The second kappa shape index (κ2) is 9.03. The van der Waals surface area contributed by atoms with Crippen molar-refractivity contribution in [3.05, 3.63) is 48.1 Å². The van der Waals surface area contributed by atoms with Crippen molar-refractivity contribution in [2.24, 2.45) is 0 Å². The van der Waals surface area contributed by atoms with E-state index in [1.165, 1.54) is 4.90 Å². The van der Waals surface area contributed by atoms with Crippen LogP contribution in [0.1, 0.15) is 33.6 Å². The highest BCUT2D eigenvalue weighted by Crippen LogP contribution is 2.22. The summed E-state index contributed by atoms with van der Waals surface area (Å²) in [6, 6.07) is -0.190. The standard InChI is InChI=1S/C18H26N2O2/c1-5-8-9-10-11-12-13-19(7-3)18(22)20-14-15(4)16(6-2)17(20)21/h5,8-11H,1,6-7,12-14H2,2-4H3/b9-8-,11-10+. The van der Waals surface area contributed by atoms with Crippen molar-refractivity contribution in [2.45, 2.75) is 33.6 Å².